The molecule has 1 fully saturated rings. The van der Waals surface area contributed by atoms with Crippen LogP contribution in [0.3, 0.4) is 0 Å². The van der Waals surface area contributed by atoms with Crippen LogP contribution in [0.15, 0.2) is 18.3 Å². The molecule has 21 heavy (non-hydrogen) atoms. The molecule has 2 rings (SSSR count). The molecule has 1 amide bonds. The summed E-state index contributed by atoms with van der Waals surface area (Å²) < 4.78 is 42.8. The summed E-state index contributed by atoms with van der Waals surface area (Å²) in [5.74, 6) is -1.40. The number of halogens is 3. The van der Waals surface area contributed by atoms with Gasteiger partial charge in [0.15, 0.2) is 6.10 Å². The predicted molar refractivity (Wildman–Crippen MR) is 67.3 cm³/mol. The molecule has 2 N–H and O–H groups in total. The highest BCUT2D eigenvalue weighted by Gasteiger charge is 2.51. The molecule has 0 spiro atoms. The summed E-state index contributed by atoms with van der Waals surface area (Å²) in [5, 5.41) is 11.3. The molecule has 8 heteroatoms. The molecule has 5 nitrogen and oxygen atoms in total. The summed E-state index contributed by atoms with van der Waals surface area (Å²) in [7, 11) is 0. The Morgan fingerprint density at radius 2 is 2.24 bits per heavy atom. The maximum Gasteiger partial charge on any atom is 0.414 e. The van der Waals surface area contributed by atoms with Gasteiger partial charge in [0.1, 0.15) is 6.10 Å². The number of aliphatic hydroxyl groups excluding tert-OH is 1. The second kappa shape index (κ2) is 5.98. The van der Waals surface area contributed by atoms with Crippen molar-refractivity contribution in [2.24, 2.45) is 5.92 Å². The third kappa shape index (κ3) is 3.70. The maximum atomic E-state index is 12.7. The highest BCUT2D eigenvalue weighted by Crippen LogP contribution is 2.37. The Bertz CT molecular complexity index is 504. The number of nitrogens with zero attached hydrogens (tertiary/aromatic N) is 1. The van der Waals surface area contributed by atoms with E-state index in [4.69, 9.17) is 9.84 Å². The van der Waals surface area contributed by atoms with Crippen molar-refractivity contribution in [3.63, 3.8) is 0 Å². The van der Waals surface area contributed by atoms with Gasteiger partial charge >= 0.3 is 6.18 Å². The molecule has 0 aromatic carbocycles. The molecule has 116 valence electrons. The highest BCUT2D eigenvalue weighted by atomic mass is 19.4. The topological polar surface area (TPSA) is 71.5 Å². The van der Waals surface area contributed by atoms with E-state index in [0.717, 1.165) is 0 Å². The normalized spacial score (nSPS) is 25.9. The molecule has 0 radical (unpaired) electrons. The van der Waals surface area contributed by atoms with Crippen LogP contribution in [-0.2, 0) is 16.1 Å². The second-order valence-corrected chi connectivity index (χ2v) is 4.99. The quantitative estimate of drug-likeness (QED) is 0.894. The molecule has 3 unspecified atom stereocenters. The van der Waals surface area contributed by atoms with E-state index in [2.05, 4.69) is 10.3 Å². The monoisotopic (exact) mass is 304 g/mol. The number of ether oxygens (including phenoxy) is 1. The van der Waals surface area contributed by atoms with Gasteiger partial charge in [0, 0.05) is 0 Å². The van der Waals surface area contributed by atoms with Gasteiger partial charge < -0.3 is 15.2 Å². The fourth-order valence-corrected chi connectivity index (χ4v) is 2.21. The standard InChI is InChI=1S/C13H15F3N2O3/c1-7-4-10(21-11(7)13(14,15)16)12(20)18-8-2-3-9(6-19)17-5-8/h2-3,5,7,10-11,19H,4,6H2,1H3,(H,18,20). The van der Waals surface area contributed by atoms with Gasteiger partial charge in [-0.15, -0.1) is 0 Å². The zero-order valence-corrected chi connectivity index (χ0v) is 11.2. The van der Waals surface area contributed by atoms with E-state index in [1.807, 2.05) is 0 Å². The lowest BCUT2D eigenvalue weighted by Gasteiger charge is -2.18. The average Bonchev–Trinajstić information content (AvgIpc) is 2.82. The van der Waals surface area contributed by atoms with E-state index in [1.165, 1.54) is 25.3 Å². The predicted octanol–water partition coefficient (Wildman–Crippen LogP) is 1.87. The molecule has 1 aromatic rings. The summed E-state index contributed by atoms with van der Waals surface area (Å²) in [5.41, 5.74) is 0.764. The smallest absolute Gasteiger partial charge is 0.390 e. The van der Waals surface area contributed by atoms with E-state index in [9.17, 15) is 18.0 Å². The maximum absolute atomic E-state index is 12.7. The van der Waals surface area contributed by atoms with Crippen LogP contribution < -0.4 is 5.32 Å². The Morgan fingerprint density at radius 1 is 1.52 bits per heavy atom. The number of carbonyl (C=O) groups excluding carboxylic acids is 1. The van der Waals surface area contributed by atoms with Crippen LogP contribution in [0.2, 0.25) is 0 Å². The van der Waals surface area contributed by atoms with Gasteiger partial charge in [0.05, 0.1) is 24.2 Å². The summed E-state index contributed by atoms with van der Waals surface area (Å²) in [6.07, 6.45) is -6.19. The molecule has 1 aromatic heterocycles. The van der Waals surface area contributed by atoms with Crippen molar-refractivity contribution < 1.29 is 27.8 Å². The van der Waals surface area contributed by atoms with Gasteiger partial charge in [-0.25, -0.2) is 0 Å². The van der Waals surface area contributed by atoms with E-state index < -0.39 is 30.2 Å². The first-order valence-corrected chi connectivity index (χ1v) is 6.40. The number of amides is 1. The van der Waals surface area contributed by atoms with E-state index in [-0.39, 0.29) is 13.0 Å². The number of rotatable bonds is 3. The van der Waals surface area contributed by atoms with Crippen molar-refractivity contribution in [2.45, 2.75) is 38.3 Å². The first kappa shape index (κ1) is 15.7. The van der Waals surface area contributed by atoms with Gasteiger partial charge in [0.2, 0.25) is 0 Å². The lowest BCUT2D eigenvalue weighted by Crippen LogP contribution is -2.35. The molecule has 0 saturated carbocycles. The molecule has 1 saturated heterocycles. The molecule has 2 heterocycles. The zero-order valence-electron chi connectivity index (χ0n) is 11.2. The second-order valence-electron chi connectivity index (χ2n) is 4.99. The van der Waals surface area contributed by atoms with Crippen molar-refractivity contribution in [3.05, 3.63) is 24.0 Å². The number of hydrogen-bond donors (Lipinski definition) is 2. The van der Waals surface area contributed by atoms with Gasteiger partial charge in [-0.1, -0.05) is 6.92 Å². The molecule has 0 bridgehead atoms. The zero-order chi connectivity index (χ0) is 15.6. The van der Waals surface area contributed by atoms with Crippen LogP contribution in [0.1, 0.15) is 19.0 Å². The molecule has 1 aliphatic rings. The van der Waals surface area contributed by atoms with Crippen LogP contribution in [0.4, 0.5) is 18.9 Å². The fraction of sp³-hybridized carbons (Fsp3) is 0.538. The Labute approximate surface area is 119 Å². The minimum absolute atomic E-state index is 0.0121. The fourth-order valence-electron chi connectivity index (χ4n) is 2.21. The van der Waals surface area contributed by atoms with Crippen LogP contribution in [0, 0.1) is 5.92 Å². The summed E-state index contributed by atoms with van der Waals surface area (Å²) in [4.78, 5) is 15.8. The van der Waals surface area contributed by atoms with Crippen LogP contribution >= 0.6 is 0 Å². The molecular weight excluding hydrogens is 289 g/mol. The molecule has 3 atom stereocenters. The minimum Gasteiger partial charge on any atom is -0.390 e. The van der Waals surface area contributed by atoms with Crippen LogP contribution in [0.25, 0.3) is 0 Å². The van der Waals surface area contributed by atoms with E-state index >= 15 is 0 Å². The number of aromatic nitrogens is 1. The number of carbonyl (C=O) groups is 1. The third-order valence-corrected chi connectivity index (χ3v) is 3.28. The number of alkyl halides is 3. The lowest BCUT2D eigenvalue weighted by atomic mass is 10.0. The highest BCUT2D eigenvalue weighted by molar-refractivity contribution is 5.94. The average molecular weight is 304 g/mol. The Balaban J connectivity index is 1.98. The van der Waals surface area contributed by atoms with Crippen molar-refractivity contribution in [1.82, 2.24) is 4.98 Å². The number of pyridine rings is 1. The van der Waals surface area contributed by atoms with E-state index in [0.29, 0.717) is 11.4 Å². The lowest BCUT2D eigenvalue weighted by molar-refractivity contribution is -0.221. The van der Waals surface area contributed by atoms with Crippen molar-refractivity contribution in [2.75, 3.05) is 5.32 Å². The number of anilines is 1. The SMILES string of the molecule is CC1CC(C(=O)Nc2ccc(CO)nc2)OC1C(F)(F)F. The van der Waals surface area contributed by atoms with Crippen LogP contribution in [-0.4, -0.2) is 34.4 Å². The number of nitrogens with one attached hydrogen (secondary N) is 1. The molecule has 0 aliphatic carbocycles. The van der Waals surface area contributed by atoms with Crippen molar-refractivity contribution in [3.8, 4) is 0 Å². The summed E-state index contributed by atoms with van der Waals surface area (Å²) in [6.45, 7) is 1.17. The molecular formula is C13H15F3N2O3. The first-order valence-electron chi connectivity index (χ1n) is 6.40. The largest absolute Gasteiger partial charge is 0.414 e. The minimum atomic E-state index is -4.47. The van der Waals surface area contributed by atoms with Crippen molar-refractivity contribution >= 4 is 11.6 Å². The first-order chi connectivity index (χ1) is 9.81. The number of hydrogen-bond acceptors (Lipinski definition) is 4. The molecule has 1 aliphatic heterocycles. The van der Waals surface area contributed by atoms with Crippen LogP contribution in [0.5, 0.6) is 0 Å². The Morgan fingerprint density at radius 3 is 2.71 bits per heavy atom. The third-order valence-electron chi connectivity index (χ3n) is 3.28. The Kier molecular flexibility index (Phi) is 4.48. The Hall–Kier alpha value is -1.67. The van der Waals surface area contributed by atoms with Gasteiger partial charge in [-0.2, -0.15) is 13.2 Å². The number of aliphatic hydroxyl groups is 1. The summed E-state index contributed by atoms with van der Waals surface area (Å²) in [6, 6.07) is 3.02. The van der Waals surface area contributed by atoms with Gasteiger partial charge in [-0.05, 0) is 24.5 Å². The summed E-state index contributed by atoms with van der Waals surface area (Å²) >= 11 is 0. The van der Waals surface area contributed by atoms with Gasteiger partial charge in [0.25, 0.3) is 5.91 Å². The van der Waals surface area contributed by atoms with E-state index in [1.54, 1.807) is 0 Å². The van der Waals surface area contributed by atoms with Crippen molar-refractivity contribution in [1.29, 1.82) is 0 Å². The van der Waals surface area contributed by atoms with Gasteiger partial charge in [-0.3, -0.25) is 9.78 Å².